The van der Waals surface area contributed by atoms with Crippen molar-refractivity contribution in [3.63, 3.8) is 0 Å². The molecule has 4 N–H and O–H groups in total. The largest absolute Gasteiger partial charge is 0.593 e. The summed E-state index contributed by atoms with van der Waals surface area (Å²) in [6, 6.07) is 7.72. The number of allylic oxidation sites excluding steroid dienone is 2. The number of ether oxygens (including phenoxy) is 1. The van der Waals surface area contributed by atoms with Crippen LogP contribution in [0.15, 0.2) is 64.8 Å². The van der Waals surface area contributed by atoms with Gasteiger partial charge in [0.15, 0.2) is 9.84 Å². The fraction of sp³-hybridized carbons (Fsp3) is 0.442. The van der Waals surface area contributed by atoms with Crippen LogP contribution in [-0.4, -0.2) is 86.7 Å². The molecule has 1 saturated heterocycles. The predicted octanol–water partition coefficient (Wildman–Crippen LogP) is 7.96. The van der Waals surface area contributed by atoms with Gasteiger partial charge in [-0.25, -0.2) is 26.0 Å². The number of nitrogens with one attached hydrogen (secondary N) is 2. The zero-order chi connectivity index (χ0) is 45.9. The van der Waals surface area contributed by atoms with Gasteiger partial charge >= 0.3 is 0 Å². The highest BCUT2D eigenvalue weighted by molar-refractivity contribution is 7.94. The van der Waals surface area contributed by atoms with E-state index in [0.717, 1.165) is 25.0 Å². The summed E-state index contributed by atoms with van der Waals surface area (Å²) in [5, 5.41) is 7.67. The number of pyridine rings is 1. The molecule has 2 aromatic heterocycles. The molecule has 0 spiro atoms. The van der Waals surface area contributed by atoms with Gasteiger partial charge in [-0.3, -0.25) is 19.5 Å². The van der Waals surface area contributed by atoms with Crippen LogP contribution in [0.25, 0.3) is 28.1 Å². The summed E-state index contributed by atoms with van der Waals surface area (Å²) in [6.45, 7) is 2.72. The molecule has 8 rings (SSSR count). The summed E-state index contributed by atoms with van der Waals surface area (Å²) in [5.74, 6) is -6.24. The second kappa shape index (κ2) is 17.6. The Hall–Kier alpha value is -4.63. The molecule has 21 heteroatoms. The minimum atomic E-state index is -3.66. The molecule has 1 aliphatic heterocycles. The summed E-state index contributed by atoms with van der Waals surface area (Å²) in [7, 11) is -3.58. The number of amides is 1. The van der Waals surface area contributed by atoms with Crippen molar-refractivity contribution in [2.75, 3.05) is 24.5 Å². The van der Waals surface area contributed by atoms with E-state index in [1.807, 2.05) is 0 Å². The molecule has 2 atom stereocenters. The first kappa shape index (κ1) is 45.9. The van der Waals surface area contributed by atoms with E-state index in [9.17, 15) is 35.3 Å². The van der Waals surface area contributed by atoms with E-state index in [0.29, 0.717) is 40.9 Å². The SMILES string of the molecule is CC(C)(/C=C\c1ccc(-c2ccc(Cl)c3c(N[S+]([O-])C4CC4)nn(C4COC4)c23)c([C@H](Cc2cc(F)cc(F)c2)NC(=O)CN=C2C(=C(N)C(F)F)CCC2(F)F)n1)S(=O)(=O)C1CC1. The third kappa shape index (κ3) is 9.39. The maximum Gasteiger partial charge on any atom is 0.289 e. The molecule has 0 radical (unpaired) electrons. The number of alkyl halides is 4. The summed E-state index contributed by atoms with van der Waals surface area (Å²) < 4.78 is 135. The first-order chi connectivity index (χ1) is 30.2. The van der Waals surface area contributed by atoms with E-state index in [2.05, 4.69) is 15.0 Å². The second-order valence-electron chi connectivity index (χ2n) is 17.0. The molecule has 3 aliphatic carbocycles. The molecule has 0 bridgehead atoms. The van der Waals surface area contributed by atoms with Crippen molar-refractivity contribution < 1.29 is 48.8 Å². The van der Waals surface area contributed by atoms with E-state index in [1.165, 1.54) is 12.2 Å². The average Bonchev–Trinajstić information content (AvgIpc) is 4.14. The number of halogens is 7. The zero-order valence-electron chi connectivity index (χ0n) is 34.5. The number of aromatic nitrogens is 3. The molecule has 4 aromatic rings. The molecule has 342 valence electrons. The van der Waals surface area contributed by atoms with Gasteiger partial charge in [0, 0.05) is 42.0 Å². The van der Waals surface area contributed by atoms with E-state index in [-0.39, 0.29) is 58.7 Å². The Kier molecular flexibility index (Phi) is 12.7. The Morgan fingerprint density at radius 3 is 2.42 bits per heavy atom. The fourth-order valence-corrected chi connectivity index (χ4v) is 11.0. The van der Waals surface area contributed by atoms with E-state index < -0.39 is 103 Å². The molecule has 3 saturated carbocycles. The number of nitrogens with two attached hydrogens (primary N) is 1. The maximum absolute atomic E-state index is 15.0. The number of fused-ring (bicyclic) bond motifs is 1. The first-order valence-corrected chi connectivity index (χ1v) is 23.7. The first-order valence-electron chi connectivity index (χ1n) is 20.6. The van der Waals surface area contributed by atoms with Crippen LogP contribution < -0.4 is 15.8 Å². The minimum absolute atomic E-state index is 0.0590. The van der Waals surface area contributed by atoms with E-state index >= 15 is 8.78 Å². The number of sulfone groups is 1. The van der Waals surface area contributed by atoms with E-state index in [4.69, 9.17) is 32.2 Å². The summed E-state index contributed by atoms with van der Waals surface area (Å²) >= 11 is 5.39. The van der Waals surface area contributed by atoms with Crippen LogP contribution in [0.1, 0.15) is 81.4 Å². The second-order valence-corrected chi connectivity index (χ2v) is 21.6. The number of nitrogens with zero attached hydrogens (tertiary/aromatic N) is 4. The van der Waals surface area contributed by atoms with Crippen LogP contribution in [0.4, 0.5) is 32.2 Å². The van der Waals surface area contributed by atoms with Gasteiger partial charge in [0.25, 0.3) is 12.3 Å². The Morgan fingerprint density at radius 2 is 1.80 bits per heavy atom. The van der Waals surface area contributed by atoms with Crippen LogP contribution in [0.5, 0.6) is 0 Å². The van der Waals surface area contributed by atoms with E-state index in [1.54, 1.807) is 42.8 Å². The van der Waals surface area contributed by atoms with Crippen molar-refractivity contribution in [1.29, 1.82) is 0 Å². The molecule has 1 amide bonds. The summed E-state index contributed by atoms with van der Waals surface area (Å²) in [5.41, 5.74) is 4.44. The number of aliphatic imine (C=N–C) groups is 1. The van der Waals surface area contributed by atoms with Gasteiger partial charge in [-0.05, 0) is 75.4 Å². The quantitative estimate of drug-likeness (QED) is 0.0743. The van der Waals surface area contributed by atoms with Crippen molar-refractivity contribution in [1.82, 2.24) is 20.1 Å². The number of hydrogen-bond acceptors (Lipinski definition) is 10. The van der Waals surface area contributed by atoms with Crippen molar-refractivity contribution in [3.05, 3.63) is 93.4 Å². The van der Waals surface area contributed by atoms with Crippen LogP contribution in [0, 0.1) is 11.6 Å². The molecule has 12 nitrogen and oxygen atoms in total. The molecule has 4 aliphatic rings. The minimum Gasteiger partial charge on any atom is -0.593 e. The molecule has 3 heterocycles. The fourth-order valence-electron chi connectivity index (χ4n) is 7.82. The van der Waals surface area contributed by atoms with Gasteiger partial charge in [0.1, 0.15) is 29.1 Å². The summed E-state index contributed by atoms with van der Waals surface area (Å²) in [4.78, 5) is 22.6. The van der Waals surface area contributed by atoms with Gasteiger partial charge in [0.2, 0.25) is 11.7 Å². The zero-order valence-corrected chi connectivity index (χ0v) is 36.9. The topological polar surface area (TPSA) is 177 Å². The van der Waals surface area contributed by atoms with Gasteiger partial charge in [-0.1, -0.05) is 29.8 Å². The van der Waals surface area contributed by atoms with Crippen LogP contribution >= 0.6 is 11.6 Å². The van der Waals surface area contributed by atoms with Crippen molar-refractivity contribution in [2.45, 2.75) is 98.5 Å². The lowest BCUT2D eigenvalue weighted by atomic mass is 9.93. The number of carbonyl (C=O) groups excluding carboxylic acids is 1. The maximum atomic E-state index is 15.0. The number of rotatable bonds is 16. The van der Waals surface area contributed by atoms with Crippen LogP contribution in [0.2, 0.25) is 5.02 Å². The third-order valence-corrected chi connectivity index (χ3v) is 16.4. The normalized spacial score (nSPS) is 20.6. The van der Waals surface area contributed by atoms with Crippen LogP contribution in [0.3, 0.4) is 0 Å². The van der Waals surface area contributed by atoms with Gasteiger partial charge in [-0.15, -0.1) is 5.10 Å². The number of anilines is 1. The molecular formula is C43H44ClF6N7O5S2. The third-order valence-electron chi connectivity index (χ3n) is 11.7. The monoisotopic (exact) mass is 951 g/mol. The van der Waals surface area contributed by atoms with Gasteiger partial charge in [0.05, 0.1) is 79.7 Å². The highest BCUT2D eigenvalue weighted by Gasteiger charge is 2.46. The Balaban J connectivity index is 1.28. The molecule has 2 aromatic carbocycles. The lowest BCUT2D eigenvalue weighted by Crippen LogP contribution is -2.34. The Morgan fingerprint density at radius 1 is 1.11 bits per heavy atom. The Labute approximate surface area is 373 Å². The lowest BCUT2D eigenvalue weighted by Gasteiger charge is -2.28. The molecule has 64 heavy (non-hydrogen) atoms. The highest BCUT2D eigenvalue weighted by atomic mass is 35.5. The lowest BCUT2D eigenvalue weighted by molar-refractivity contribution is -0.120. The number of carbonyl (C=O) groups is 1. The predicted molar refractivity (Wildman–Crippen MR) is 232 cm³/mol. The average molecular weight is 952 g/mol. The van der Waals surface area contributed by atoms with Crippen molar-refractivity contribution in [2.24, 2.45) is 10.7 Å². The van der Waals surface area contributed by atoms with Gasteiger partial charge in [-0.2, -0.15) is 13.5 Å². The standard InChI is InChI=1S/C43H44ClF6N7O5S2/c1-42(2,64(60,61)28-6-7-28)13-11-25-3-8-29(30-9-10-32(44)35-38(30)57(26-20-62-21-26)55-41(35)56-63(59)27-4-5-27)37(53-25)33(17-22-15-23(45)18-24(46)16-22)54-34(58)19-52-39-31(36(51)40(47)48)12-14-43(39,49)50/h3,8-11,13,15-16,18,26-28,33,40H,4-7,12,14,17,19-21,51H2,1-2H3,(H,54,58)(H,55,56)/b13-11-,36-31?,52-39?/t33-,63?/m0/s1. The molecule has 4 fully saturated rings. The van der Waals surface area contributed by atoms with Crippen LogP contribution in [-0.2, 0) is 37.2 Å². The highest BCUT2D eigenvalue weighted by Crippen LogP contribution is 2.44. The number of hydrogen-bond donors (Lipinski definition) is 3. The molecule has 1 unspecified atom stereocenters. The smallest absolute Gasteiger partial charge is 0.289 e. The van der Waals surface area contributed by atoms with Crippen molar-refractivity contribution >= 4 is 67.2 Å². The Bertz CT molecular complexity index is 2680. The number of benzene rings is 2. The molecular weight excluding hydrogens is 908 g/mol. The summed E-state index contributed by atoms with van der Waals surface area (Å²) in [6.07, 6.45) is 0.733. The van der Waals surface area contributed by atoms with Crippen molar-refractivity contribution in [3.8, 4) is 11.1 Å². The van der Waals surface area contributed by atoms with Gasteiger partial charge < -0.3 is 20.3 Å².